The molecule has 4 heteroatoms. The number of rotatable bonds is 3. The molecule has 0 spiro atoms. The Kier molecular flexibility index (Phi) is 2.73. The maximum atomic E-state index is 5.59. The van der Waals surface area contributed by atoms with Gasteiger partial charge in [-0.15, -0.1) is 0 Å². The van der Waals surface area contributed by atoms with Gasteiger partial charge < -0.3 is 9.84 Å². The molecule has 18 heavy (non-hydrogen) atoms. The maximum Gasteiger partial charge on any atom is 0.234 e. The number of nitrogens with zero attached hydrogens (tertiary/aromatic N) is 2. The van der Waals surface area contributed by atoms with Crippen molar-refractivity contribution in [3.63, 3.8) is 0 Å². The highest BCUT2D eigenvalue weighted by Crippen LogP contribution is 2.57. The molecule has 1 saturated heterocycles. The van der Waals surface area contributed by atoms with E-state index in [0.717, 1.165) is 37.6 Å². The third kappa shape index (κ3) is 1.87. The minimum Gasteiger partial charge on any atom is -0.339 e. The number of nitrogens with one attached hydrogen (secondary N) is 1. The van der Waals surface area contributed by atoms with E-state index >= 15 is 0 Å². The zero-order valence-electron chi connectivity index (χ0n) is 11.6. The number of aromatic nitrogens is 2. The predicted molar refractivity (Wildman–Crippen MR) is 69.5 cm³/mol. The zero-order valence-corrected chi connectivity index (χ0v) is 11.6. The van der Waals surface area contributed by atoms with Crippen molar-refractivity contribution in [1.82, 2.24) is 15.5 Å². The topological polar surface area (TPSA) is 51.0 Å². The van der Waals surface area contributed by atoms with Crippen molar-refractivity contribution >= 4 is 0 Å². The van der Waals surface area contributed by atoms with Gasteiger partial charge in [-0.2, -0.15) is 4.98 Å². The summed E-state index contributed by atoms with van der Waals surface area (Å²) >= 11 is 0. The molecule has 1 aliphatic carbocycles. The van der Waals surface area contributed by atoms with Crippen LogP contribution in [0.5, 0.6) is 0 Å². The summed E-state index contributed by atoms with van der Waals surface area (Å²) in [6.07, 6.45) is 4.60. The van der Waals surface area contributed by atoms with E-state index in [0.29, 0.717) is 11.3 Å². The molecule has 2 aliphatic rings. The first kappa shape index (κ1) is 12.2. The van der Waals surface area contributed by atoms with E-state index in [9.17, 15) is 0 Å². The highest BCUT2D eigenvalue weighted by molar-refractivity contribution is 5.17. The minimum absolute atomic E-state index is 0.0720. The average Bonchev–Trinajstić information content (AvgIpc) is 2.81. The lowest BCUT2D eigenvalue weighted by Crippen LogP contribution is -2.43. The fourth-order valence-electron chi connectivity index (χ4n) is 3.10. The second kappa shape index (κ2) is 4.05. The molecule has 3 rings (SSSR count). The molecule has 0 amide bonds. The first-order valence-electron chi connectivity index (χ1n) is 7.12. The third-order valence-electron chi connectivity index (χ3n) is 4.87. The standard InChI is InChI=1S/C14H23N3O/c1-4-14(6-5-7-15-9-14)12-16-11(17-18-12)10-8-13(10,2)3/h10,15H,4-9H2,1-3H3. The van der Waals surface area contributed by atoms with E-state index in [4.69, 9.17) is 9.51 Å². The summed E-state index contributed by atoms with van der Waals surface area (Å²) in [5.41, 5.74) is 0.438. The predicted octanol–water partition coefficient (Wildman–Crippen LogP) is 2.61. The number of piperidine rings is 1. The summed E-state index contributed by atoms with van der Waals surface area (Å²) in [6, 6.07) is 0. The molecule has 1 N–H and O–H groups in total. The van der Waals surface area contributed by atoms with Gasteiger partial charge >= 0.3 is 0 Å². The normalized spacial score (nSPS) is 34.5. The van der Waals surface area contributed by atoms with Crippen molar-refractivity contribution < 1.29 is 4.52 Å². The molecule has 0 bridgehead atoms. The SMILES string of the molecule is CCC1(c2nc(C3CC3(C)C)no2)CCCNC1. The maximum absolute atomic E-state index is 5.59. The zero-order chi connectivity index (χ0) is 12.8. The van der Waals surface area contributed by atoms with E-state index in [1.807, 2.05) is 0 Å². The van der Waals surface area contributed by atoms with Gasteiger partial charge in [0.25, 0.3) is 0 Å². The molecular weight excluding hydrogens is 226 g/mol. The highest BCUT2D eigenvalue weighted by Gasteiger charge is 2.50. The van der Waals surface area contributed by atoms with Crippen LogP contribution >= 0.6 is 0 Å². The summed E-state index contributed by atoms with van der Waals surface area (Å²) in [5, 5.41) is 7.70. The Balaban J connectivity index is 1.83. The van der Waals surface area contributed by atoms with Gasteiger partial charge in [0, 0.05) is 12.5 Å². The lowest BCUT2D eigenvalue weighted by atomic mass is 9.78. The lowest BCUT2D eigenvalue weighted by Gasteiger charge is -2.33. The molecule has 0 radical (unpaired) electrons. The summed E-state index contributed by atoms with van der Waals surface area (Å²) in [7, 11) is 0. The van der Waals surface area contributed by atoms with Crippen LogP contribution in [0.15, 0.2) is 4.52 Å². The monoisotopic (exact) mass is 249 g/mol. The van der Waals surface area contributed by atoms with Crippen molar-refractivity contribution in [2.75, 3.05) is 13.1 Å². The van der Waals surface area contributed by atoms with Gasteiger partial charge in [0.2, 0.25) is 5.89 Å². The van der Waals surface area contributed by atoms with E-state index < -0.39 is 0 Å². The van der Waals surface area contributed by atoms with E-state index in [2.05, 4.69) is 31.2 Å². The van der Waals surface area contributed by atoms with Crippen molar-refractivity contribution in [1.29, 1.82) is 0 Å². The van der Waals surface area contributed by atoms with Gasteiger partial charge in [0.1, 0.15) is 0 Å². The van der Waals surface area contributed by atoms with Crippen LogP contribution in [-0.4, -0.2) is 23.2 Å². The summed E-state index contributed by atoms with van der Waals surface area (Å²) < 4.78 is 5.59. The Bertz CT molecular complexity index is 432. The Morgan fingerprint density at radius 2 is 2.22 bits per heavy atom. The Labute approximate surface area is 109 Å². The van der Waals surface area contributed by atoms with Crippen LogP contribution in [0.3, 0.4) is 0 Å². The highest BCUT2D eigenvalue weighted by atomic mass is 16.5. The summed E-state index contributed by atoms with van der Waals surface area (Å²) in [5.74, 6) is 2.28. The first-order valence-corrected chi connectivity index (χ1v) is 7.12. The fourth-order valence-corrected chi connectivity index (χ4v) is 3.10. The van der Waals surface area contributed by atoms with Crippen LogP contribution in [-0.2, 0) is 5.41 Å². The van der Waals surface area contributed by atoms with Crippen LogP contribution < -0.4 is 5.32 Å². The molecule has 2 unspecified atom stereocenters. The molecule has 0 aromatic carbocycles. The molecule has 2 fully saturated rings. The molecule has 100 valence electrons. The van der Waals surface area contributed by atoms with Crippen molar-refractivity contribution in [2.24, 2.45) is 5.41 Å². The molecule has 1 aromatic rings. The second-order valence-electron chi connectivity index (χ2n) is 6.62. The molecule has 4 nitrogen and oxygen atoms in total. The third-order valence-corrected chi connectivity index (χ3v) is 4.87. The van der Waals surface area contributed by atoms with Gasteiger partial charge in [-0.25, -0.2) is 0 Å². The number of hydrogen-bond acceptors (Lipinski definition) is 4. The molecule has 2 atom stereocenters. The van der Waals surface area contributed by atoms with Gasteiger partial charge in [0.05, 0.1) is 5.41 Å². The molecule has 1 aliphatic heterocycles. The Morgan fingerprint density at radius 3 is 2.78 bits per heavy atom. The largest absolute Gasteiger partial charge is 0.339 e. The van der Waals surface area contributed by atoms with Crippen LogP contribution in [0.1, 0.15) is 64.1 Å². The lowest BCUT2D eigenvalue weighted by molar-refractivity contribution is 0.220. The average molecular weight is 249 g/mol. The molecule has 2 heterocycles. The van der Waals surface area contributed by atoms with Crippen LogP contribution in [0, 0.1) is 5.41 Å². The first-order chi connectivity index (χ1) is 8.57. The Morgan fingerprint density at radius 1 is 1.44 bits per heavy atom. The van der Waals surface area contributed by atoms with E-state index in [-0.39, 0.29) is 5.41 Å². The summed E-state index contributed by atoms with van der Waals surface area (Å²) in [4.78, 5) is 4.72. The molecular formula is C14H23N3O. The van der Waals surface area contributed by atoms with Crippen LogP contribution in [0.25, 0.3) is 0 Å². The molecule has 1 saturated carbocycles. The fraction of sp³-hybridized carbons (Fsp3) is 0.857. The second-order valence-corrected chi connectivity index (χ2v) is 6.62. The van der Waals surface area contributed by atoms with Gasteiger partial charge in [0.15, 0.2) is 5.82 Å². The smallest absolute Gasteiger partial charge is 0.234 e. The van der Waals surface area contributed by atoms with E-state index in [1.54, 1.807) is 0 Å². The minimum atomic E-state index is 0.0720. The van der Waals surface area contributed by atoms with Crippen molar-refractivity contribution in [3.8, 4) is 0 Å². The van der Waals surface area contributed by atoms with Crippen LogP contribution in [0.4, 0.5) is 0 Å². The van der Waals surface area contributed by atoms with Gasteiger partial charge in [-0.1, -0.05) is 25.9 Å². The van der Waals surface area contributed by atoms with Crippen molar-refractivity contribution in [2.45, 2.75) is 57.8 Å². The quantitative estimate of drug-likeness (QED) is 0.894. The molecule has 1 aromatic heterocycles. The van der Waals surface area contributed by atoms with Gasteiger partial charge in [-0.3, -0.25) is 0 Å². The summed E-state index contributed by atoms with van der Waals surface area (Å²) in [6.45, 7) is 8.84. The Hall–Kier alpha value is -0.900. The van der Waals surface area contributed by atoms with Gasteiger partial charge in [-0.05, 0) is 37.6 Å². The van der Waals surface area contributed by atoms with Crippen LogP contribution in [0.2, 0.25) is 0 Å². The van der Waals surface area contributed by atoms with E-state index in [1.165, 1.54) is 12.8 Å². The number of hydrogen-bond donors (Lipinski definition) is 1. The van der Waals surface area contributed by atoms with Crippen molar-refractivity contribution in [3.05, 3.63) is 11.7 Å².